The van der Waals surface area contributed by atoms with Gasteiger partial charge in [-0.3, -0.25) is 4.57 Å². The van der Waals surface area contributed by atoms with Gasteiger partial charge in [-0.2, -0.15) is 0 Å². The fourth-order valence-electron chi connectivity index (χ4n) is 1.55. The first-order chi connectivity index (χ1) is 8.06. The average Bonchev–Trinajstić information content (AvgIpc) is 2.63. The maximum atomic E-state index is 5.78. The lowest BCUT2D eigenvalue weighted by Crippen LogP contribution is -2.01. The standard InChI is InChI=1S/C13H15BrN2O/c1-9(2)16-8-10(3)15-13(16)17-12-6-4-11(14)5-7-12/h4-9H,1-3H3. The molecule has 0 spiro atoms. The van der Waals surface area contributed by atoms with Crippen LogP contribution in [0.5, 0.6) is 11.8 Å². The Morgan fingerprint density at radius 3 is 2.47 bits per heavy atom. The molecule has 3 nitrogen and oxygen atoms in total. The maximum Gasteiger partial charge on any atom is 0.302 e. The van der Waals surface area contributed by atoms with Crippen molar-refractivity contribution in [3.8, 4) is 11.8 Å². The summed E-state index contributed by atoms with van der Waals surface area (Å²) in [5.41, 5.74) is 0.964. The number of hydrogen-bond donors (Lipinski definition) is 0. The van der Waals surface area contributed by atoms with Crippen molar-refractivity contribution >= 4 is 15.9 Å². The van der Waals surface area contributed by atoms with Crippen molar-refractivity contribution < 1.29 is 4.74 Å². The predicted molar refractivity (Wildman–Crippen MR) is 71.6 cm³/mol. The van der Waals surface area contributed by atoms with Crippen molar-refractivity contribution in [1.82, 2.24) is 9.55 Å². The lowest BCUT2D eigenvalue weighted by Gasteiger charge is -2.11. The summed E-state index contributed by atoms with van der Waals surface area (Å²) in [5, 5.41) is 0. The molecule has 2 aromatic rings. The summed E-state index contributed by atoms with van der Waals surface area (Å²) < 4.78 is 8.84. The molecule has 0 fully saturated rings. The van der Waals surface area contributed by atoms with Crippen LogP contribution >= 0.6 is 15.9 Å². The molecule has 90 valence electrons. The highest BCUT2D eigenvalue weighted by molar-refractivity contribution is 9.10. The van der Waals surface area contributed by atoms with Crippen molar-refractivity contribution in [2.75, 3.05) is 0 Å². The number of rotatable bonds is 3. The molecule has 0 aliphatic heterocycles. The van der Waals surface area contributed by atoms with Crippen LogP contribution in [0.1, 0.15) is 25.6 Å². The lowest BCUT2D eigenvalue weighted by molar-refractivity contribution is 0.395. The Hall–Kier alpha value is -1.29. The van der Waals surface area contributed by atoms with E-state index in [1.165, 1.54) is 0 Å². The number of halogens is 1. The Morgan fingerprint density at radius 2 is 1.88 bits per heavy atom. The zero-order valence-corrected chi connectivity index (χ0v) is 11.7. The first-order valence-electron chi connectivity index (χ1n) is 5.55. The van der Waals surface area contributed by atoms with Crippen LogP contribution in [0.3, 0.4) is 0 Å². The number of aromatic nitrogens is 2. The van der Waals surface area contributed by atoms with Gasteiger partial charge in [-0.1, -0.05) is 15.9 Å². The molecule has 4 heteroatoms. The summed E-state index contributed by atoms with van der Waals surface area (Å²) in [5.74, 6) is 0.792. The van der Waals surface area contributed by atoms with Crippen molar-refractivity contribution in [2.24, 2.45) is 0 Å². The monoisotopic (exact) mass is 294 g/mol. The molecule has 0 bridgehead atoms. The topological polar surface area (TPSA) is 27.1 Å². The molecule has 1 aromatic carbocycles. The van der Waals surface area contributed by atoms with Gasteiger partial charge >= 0.3 is 6.01 Å². The zero-order valence-electron chi connectivity index (χ0n) is 10.1. The van der Waals surface area contributed by atoms with E-state index in [9.17, 15) is 0 Å². The Bertz CT molecular complexity index is 503. The molecule has 0 N–H and O–H groups in total. The first-order valence-corrected chi connectivity index (χ1v) is 6.34. The Morgan fingerprint density at radius 1 is 1.24 bits per heavy atom. The second kappa shape index (κ2) is 4.92. The molecule has 0 unspecified atom stereocenters. The second-order valence-electron chi connectivity index (χ2n) is 4.22. The molecule has 0 atom stereocenters. The van der Waals surface area contributed by atoms with Gasteiger partial charge in [0.05, 0.1) is 5.69 Å². The third-order valence-corrected chi connectivity index (χ3v) is 2.93. The van der Waals surface area contributed by atoms with Gasteiger partial charge in [0.25, 0.3) is 0 Å². The predicted octanol–water partition coefficient (Wildman–Crippen LogP) is 4.33. The van der Waals surface area contributed by atoms with Crippen molar-refractivity contribution in [3.05, 3.63) is 40.6 Å². The van der Waals surface area contributed by atoms with Gasteiger partial charge in [-0.15, -0.1) is 0 Å². The van der Waals surface area contributed by atoms with Crippen molar-refractivity contribution in [3.63, 3.8) is 0 Å². The quantitative estimate of drug-likeness (QED) is 0.842. The first kappa shape index (κ1) is 12.2. The number of ether oxygens (including phenoxy) is 1. The SMILES string of the molecule is Cc1cn(C(C)C)c(Oc2ccc(Br)cc2)n1. The van der Waals surface area contributed by atoms with E-state index >= 15 is 0 Å². The Balaban J connectivity index is 2.26. The van der Waals surface area contributed by atoms with Gasteiger partial charge in [0.1, 0.15) is 5.75 Å². The number of aryl methyl sites for hydroxylation is 1. The molecular formula is C13H15BrN2O. The van der Waals surface area contributed by atoms with E-state index in [0.717, 1.165) is 15.9 Å². The maximum absolute atomic E-state index is 5.78. The molecule has 0 aliphatic carbocycles. The largest absolute Gasteiger partial charge is 0.426 e. The Labute approximate surface area is 110 Å². The van der Waals surface area contributed by atoms with Gasteiger partial charge in [0, 0.05) is 16.7 Å². The number of benzene rings is 1. The van der Waals surface area contributed by atoms with Gasteiger partial charge in [-0.05, 0) is 45.0 Å². The van der Waals surface area contributed by atoms with E-state index < -0.39 is 0 Å². The highest BCUT2D eigenvalue weighted by atomic mass is 79.9. The highest BCUT2D eigenvalue weighted by Crippen LogP contribution is 2.25. The summed E-state index contributed by atoms with van der Waals surface area (Å²) >= 11 is 3.40. The zero-order chi connectivity index (χ0) is 12.4. The third-order valence-electron chi connectivity index (χ3n) is 2.40. The van der Waals surface area contributed by atoms with Crippen LogP contribution in [0.25, 0.3) is 0 Å². The summed E-state index contributed by atoms with van der Waals surface area (Å²) in [6.07, 6.45) is 2.00. The number of imidazole rings is 1. The van der Waals surface area contributed by atoms with Crippen LogP contribution in [0, 0.1) is 6.92 Å². The molecule has 0 aliphatic rings. The average molecular weight is 295 g/mol. The molecule has 0 saturated heterocycles. The smallest absolute Gasteiger partial charge is 0.302 e. The minimum atomic E-state index is 0.335. The van der Waals surface area contributed by atoms with Gasteiger partial charge in [0.15, 0.2) is 0 Å². The van der Waals surface area contributed by atoms with Crippen molar-refractivity contribution in [1.29, 1.82) is 0 Å². The van der Waals surface area contributed by atoms with Crippen LogP contribution in [0.4, 0.5) is 0 Å². The number of hydrogen-bond acceptors (Lipinski definition) is 2. The van der Waals surface area contributed by atoms with Gasteiger partial charge in [0.2, 0.25) is 0 Å². The lowest BCUT2D eigenvalue weighted by atomic mass is 10.3. The van der Waals surface area contributed by atoms with Crippen LogP contribution in [-0.4, -0.2) is 9.55 Å². The molecule has 1 heterocycles. The van der Waals surface area contributed by atoms with Gasteiger partial charge < -0.3 is 4.74 Å². The van der Waals surface area contributed by atoms with Gasteiger partial charge in [-0.25, -0.2) is 4.98 Å². The molecule has 0 radical (unpaired) electrons. The summed E-state index contributed by atoms with van der Waals surface area (Å²) in [7, 11) is 0. The minimum absolute atomic E-state index is 0.335. The van der Waals surface area contributed by atoms with E-state index in [2.05, 4.69) is 34.8 Å². The summed E-state index contributed by atoms with van der Waals surface area (Å²) in [6.45, 7) is 6.18. The minimum Gasteiger partial charge on any atom is -0.426 e. The van der Waals surface area contributed by atoms with E-state index in [0.29, 0.717) is 12.1 Å². The van der Waals surface area contributed by atoms with E-state index in [1.54, 1.807) is 0 Å². The van der Waals surface area contributed by atoms with E-state index in [1.807, 2.05) is 42.0 Å². The summed E-state index contributed by atoms with van der Waals surface area (Å²) in [4.78, 5) is 4.38. The summed E-state index contributed by atoms with van der Waals surface area (Å²) in [6, 6.07) is 8.70. The van der Waals surface area contributed by atoms with Crippen LogP contribution in [0.15, 0.2) is 34.9 Å². The fourth-order valence-corrected chi connectivity index (χ4v) is 1.81. The third kappa shape index (κ3) is 2.88. The fraction of sp³-hybridized carbons (Fsp3) is 0.308. The van der Waals surface area contributed by atoms with E-state index in [4.69, 9.17) is 4.74 Å². The van der Waals surface area contributed by atoms with Crippen molar-refractivity contribution in [2.45, 2.75) is 26.8 Å². The van der Waals surface area contributed by atoms with Crippen LogP contribution in [-0.2, 0) is 0 Å². The van der Waals surface area contributed by atoms with Crippen LogP contribution < -0.4 is 4.74 Å². The van der Waals surface area contributed by atoms with E-state index in [-0.39, 0.29) is 0 Å². The normalized spacial score (nSPS) is 10.9. The molecular weight excluding hydrogens is 280 g/mol. The molecule has 2 rings (SSSR count). The van der Waals surface area contributed by atoms with Crippen LogP contribution in [0.2, 0.25) is 0 Å². The second-order valence-corrected chi connectivity index (χ2v) is 5.14. The molecule has 0 saturated carbocycles. The molecule has 1 aromatic heterocycles. The molecule has 17 heavy (non-hydrogen) atoms. The highest BCUT2D eigenvalue weighted by Gasteiger charge is 2.10. The molecule has 0 amide bonds. The number of nitrogens with zero attached hydrogens (tertiary/aromatic N) is 2. The Kier molecular flexibility index (Phi) is 3.52.